The number of nitrogens with zero attached hydrogens (tertiary/aromatic N) is 1. The van der Waals surface area contributed by atoms with Crippen LogP contribution >= 0.6 is 0 Å². The second-order valence-electron chi connectivity index (χ2n) is 6.65. The van der Waals surface area contributed by atoms with E-state index in [1.807, 2.05) is 18.7 Å². The van der Waals surface area contributed by atoms with E-state index in [1.54, 1.807) is 0 Å². The summed E-state index contributed by atoms with van der Waals surface area (Å²) in [6.07, 6.45) is 7.88. The van der Waals surface area contributed by atoms with Crippen LogP contribution in [0.4, 0.5) is 0 Å². The van der Waals surface area contributed by atoms with E-state index in [-0.39, 0.29) is 23.9 Å². The van der Waals surface area contributed by atoms with Crippen molar-refractivity contribution in [2.24, 2.45) is 5.92 Å². The number of carbonyl (C=O) groups is 2. The van der Waals surface area contributed by atoms with Gasteiger partial charge >= 0.3 is 0 Å². The van der Waals surface area contributed by atoms with Gasteiger partial charge in [0.2, 0.25) is 11.8 Å². The molecule has 0 aromatic heterocycles. The van der Waals surface area contributed by atoms with Gasteiger partial charge in [-0.2, -0.15) is 0 Å². The van der Waals surface area contributed by atoms with Crippen LogP contribution in [0.3, 0.4) is 0 Å². The molecule has 106 valence electrons. The maximum absolute atomic E-state index is 12.9. The molecule has 19 heavy (non-hydrogen) atoms. The van der Waals surface area contributed by atoms with Crippen LogP contribution in [0, 0.1) is 5.92 Å². The van der Waals surface area contributed by atoms with Crippen LogP contribution in [-0.2, 0) is 9.59 Å². The Hall–Kier alpha value is -1.06. The van der Waals surface area contributed by atoms with Crippen LogP contribution in [0.15, 0.2) is 0 Å². The van der Waals surface area contributed by atoms with Gasteiger partial charge < -0.3 is 10.2 Å². The van der Waals surface area contributed by atoms with Gasteiger partial charge in [0.25, 0.3) is 0 Å². The predicted octanol–water partition coefficient (Wildman–Crippen LogP) is 1.83. The fraction of sp³-hybridized carbons (Fsp3) is 0.867. The molecule has 2 unspecified atom stereocenters. The highest BCUT2D eigenvalue weighted by molar-refractivity contribution is 6.00. The highest BCUT2D eigenvalue weighted by Crippen LogP contribution is 2.43. The Morgan fingerprint density at radius 2 is 1.74 bits per heavy atom. The van der Waals surface area contributed by atoms with Crippen molar-refractivity contribution >= 4 is 11.8 Å². The second kappa shape index (κ2) is 4.50. The summed E-state index contributed by atoms with van der Waals surface area (Å²) >= 11 is 0. The lowest BCUT2D eigenvalue weighted by Gasteiger charge is -2.48. The van der Waals surface area contributed by atoms with E-state index in [1.165, 1.54) is 19.3 Å². The molecule has 3 rings (SSSR count). The number of rotatable bonds is 2. The predicted molar refractivity (Wildman–Crippen MR) is 72.5 cm³/mol. The summed E-state index contributed by atoms with van der Waals surface area (Å²) in [6.45, 7) is 3.79. The Morgan fingerprint density at radius 3 is 2.32 bits per heavy atom. The molecule has 4 nitrogen and oxygen atoms in total. The summed E-state index contributed by atoms with van der Waals surface area (Å²) in [4.78, 5) is 27.0. The topological polar surface area (TPSA) is 49.4 Å². The fourth-order valence-corrected chi connectivity index (χ4v) is 3.76. The Kier molecular flexibility index (Phi) is 3.06. The molecule has 1 heterocycles. The molecule has 0 aromatic rings. The molecule has 1 N–H and O–H groups in total. The van der Waals surface area contributed by atoms with Gasteiger partial charge in [-0.25, -0.2) is 0 Å². The Balaban J connectivity index is 1.86. The molecule has 2 amide bonds. The van der Waals surface area contributed by atoms with Crippen LogP contribution in [-0.4, -0.2) is 34.3 Å². The first-order valence-corrected chi connectivity index (χ1v) is 7.69. The number of hydrogen-bond donors (Lipinski definition) is 1. The van der Waals surface area contributed by atoms with Crippen molar-refractivity contribution in [1.82, 2.24) is 10.2 Å². The van der Waals surface area contributed by atoms with Crippen molar-refractivity contribution in [3.05, 3.63) is 0 Å². The minimum absolute atomic E-state index is 0.0274. The fourth-order valence-electron chi connectivity index (χ4n) is 3.76. The molecular formula is C15H24N2O2. The van der Waals surface area contributed by atoms with E-state index in [0.29, 0.717) is 5.92 Å². The van der Waals surface area contributed by atoms with Crippen LogP contribution in [0.25, 0.3) is 0 Å². The van der Waals surface area contributed by atoms with Crippen LogP contribution in [0.5, 0.6) is 0 Å². The molecule has 0 spiro atoms. The van der Waals surface area contributed by atoms with Crippen molar-refractivity contribution in [3.63, 3.8) is 0 Å². The standard InChI is InChI=1S/C15H24N2O2/c1-10-13(18)16-15(2,11-8-9-11)14(19)17(10)12-6-4-3-5-7-12/h10-12H,3-9H2,1-2H3,(H,16,18). The number of amides is 2. The number of nitrogens with one attached hydrogen (secondary N) is 1. The minimum Gasteiger partial charge on any atom is -0.340 e. The summed E-state index contributed by atoms with van der Waals surface area (Å²) < 4.78 is 0. The smallest absolute Gasteiger partial charge is 0.249 e. The van der Waals surface area contributed by atoms with Crippen molar-refractivity contribution in [2.75, 3.05) is 0 Å². The van der Waals surface area contributed by atoms with Crippen LogP contribution in [0.2, 0.25) is 0 Å². The first kappa shape index (κ1) is 12.9. The number of carbonyl (C=O) groups excluding carboxylic acids is 2. The Morgan fingerprint density at radius 1 is 1.11 bits per heavy atom. The highest BCUT2D eigenvalue weighted by Gasteiger charge is 2.55. The zero-order valence-corrected chi connectivity index (χ0v) is 11.9. The maximum atomic E-state index is 12.9. The molecule has 3 fully saturated rings. The summed E-state index contributed by atoms with van der Waals surface area (Å²) in [5.74, 6) is 0.538. The quantitative estimate of drug-likeness (QED) is 0.827. The lowest BCUT2D eigenvalue weighted by Crippen LogP contribution is -2.71. The zero-order valence-electron chi connectivity index (χ0n) is 11.9. The van der Waals surface area contributed by atoms with E-state index in [9.17, 15) is 9.59 Å². The molecule has 3 aliphatic rings. The molecule has 0 radical (unpaired) electrons. The molecule has 2 saturated carbocycles. The van der Waals surface area contributed by atoms with E-state index < -0.39 is 5.54 Å². The first-order chi connectivity index (χ1) is 9.04. The van der Waals surface area contributed by atoms with Gasteiger partial charge in [-0.15, -0.1) is 0 Å². The largest absolute Gasteiger partial charge is 0.340 e. The second-order valence-corrected chi connectivity index (χ2v) is 6.65. The van der Waals surface area contributed by atoms with Crippen LogP contribution in [0.1, 0.15) is 58.8 Å². The number of piperazine rings is 1. The van der Waals surface area contributed by atoms with Gasteiger partial charge in [0.15, 0.2) is 0 Å². The van der Waals surface area contributed by atoms with E-state index >= 15 is 0 Å². The zero-order chi connectivity index (χ0) is 13.6. The summed E-state index contributed by atoms with van der Waals surface area (Å²) in [6, 6.07) is -0.0252. The third-order valence-electron chi connectivity index (χ3n) is 5.22. The van der Waals surface area contributed by atoms with Gasteiger partial charge in [-0.3, -0.25) is 9.59 Å². The maximum Gasteiger partial charge on any atom is 0.249 e. The van der Waals surface area contributed by atoms with Gasteiger partial charge in [0.1, 0.15) is 11.6 Å². The normalized spacial score (nSPS) is 37.4. The van der Waals surface area contributed by atoms with E-state index in [2.05, 4.69) is 5.32 Å². The monoisotopic (exact) mass is 264 g/mol. The van der Waals surface area contributed by atoms with Crippen molar-refractivity contribution in [3.8, 4) is 0 Å². The summed E-state index contributed by atoms with van der Waals surface area (Å²) in [5, 5.41) is 2.99. The Labute approximate surface area is 114 Å². The SMILES string of the molecule is CC1C(=O)NC(C)(C2CC2)C(=O)N1C1CCCCC1. The van der Waals surface area contributed by atoms with Crippen LogP contribution < -0.4 is 5.32 Å². The Bertz CT molecular complexity index is 399. The lowest BCUT2D eigenvalue weighted by atomic mass is 9.85. The third-order valence-corrected chi connectivity index (χ3v) is 5.22. The number of hydrogen-bond acceptors (Lipinski definition) is 2. The van der Waals surface area contributed by atoms with Gasteiger partial charge in [0.05, 0.1) is 0 Å². The highest BCUT2D eigenvalue weighted by atomic mass is 16.2. The molecule has 0 aromatic carbocycles. The third kappa shape index (κ3) is 2.05. The first-order valence-electron chi connectivity index (χ1n) is 7.69. The van der Waals surface area contributed by atoms with E-state index in [0.717, 1.165) is 25.7 Å². The molecule has 2 aliphatic carbocycles. The van der Waals surface area contributed by atoms with Crippen molar-refractivity contribution < 1.29 is 9.59 Å². The average molecular weight is 264 g/mol. The molecular weight excluding hydrogens is 240 g/mol. The van der Waals surface area contributed by atoms with Crippen molar-refractivity contribution in [2.45, 2.75) is 76.4 Å². The van der Waals surface area contributed by atoms with Crippen molar-refractivity contribution in [1.29, 1.82) is 0 Å². The van der Waals surface area contributed by atoms with E-state index in [4.69, 9.17) is 0 Å². The average Bonchev–Trinajstić information content (AvgIpc) is 3.23. The van der Waals surface area contributed by atoms with Gasteiger partial charge in [-0.1, -0.05) is 19.3 Å². The minimum atomic E-state index is -0.638. The molecule has 2 atom stereocenters. The van der Waals surface area contributed by atoms with Gasteiger partial charge in [-0.05, 0) is 45.4 Å². The summed E-state index contributed by atoms with van der Waals surface area (Å²) in [7, 11) is 0. The molecule has 0 bridgehead atoms. The lowest BCUT2D eigenvalue weighted by molar-refractivity contribution is -0.158. The molecule has 1 saturated heterocycles. The molecule has 1 aliphatic heterocycles. The summed E-state index contributed by atoms with van der Waals surface area (Å²) in [5.41, 5.74) is -0.638. The molecule has 4 heteroatoms. The van der Waals surface area contributed by atoms with Gasteiger partial charge in [0, 0.05) is 6.04 Å².